The molecule has 2 aromatic rings. The third-order valence-corrected chi connectivity index (χ3v) is 6.64. The van der Waals surface area contributed by atoms with Gasteiger partial charge in [0, 0.05) is 48.3 Å². The van der Waals surface area contributed by atoms with Crippen LogP contribution in [-0.2, 0) is 24.2 Å². The fourth-order valence-electron chi connectivity index (χ4n) is 5.16. The van der Waals surface area contributed by atoms with E-state index in [1.54, 1.807) is 0 Å². The minimum absolute atomic E-state index is 0.0412. The first kappa shape index (κ1) is 19.5. The van der Waals surface area contributed by atoms with Gasteiger partial charge in [-0.25, -0.2) is 8.78 Å². The van der Waals surface area contributed by atoms with Crippen LogP contribution in [0.25, 0.3) is 0 Å². The van der Waals surface area contributed by atoms with E-state index in [2.05, 4.69) is 20.2 Å². The SMILES string of the molecule is O=C(Cn1nc(C(F)F)c2c1CCC2)Nc1ccc(N2CCN3CCCC3C2)cc1. The predicted molar refractivity (Wildman–Crippen MR) is 111 cm³/mol. The van der Waals surface area contributed by atoms with Gasteiger partial charge in [-0.1, -0.05) is 0 Å². The quantitative estimate of drug-likeness (QED) is 0.815. The number of carbonyl (C=O) groups is 1. The third-order valence-electron chi connectivity index (χ3n) is 6.64. The fraction of sp³-hybridized carbons (Fsp3) is 0.545. The summed E-state index contributed by atoms with van der Waals surface area (Å²) in [4.78, 5) is 17.5. The fourth-order valence-corrected chi connectivity index (χ4v) is 5.16. The van der Waals surface area contributed by atoms with E-state index in [4.69, 9.17) is 0 Å². The number of hydrogen-bond acceptors (Lipinski definition) is 4. The Balaban J connectivity index is 1.21. The maximum absolute atomic E-state index is 13.2. The lowest BCUT2D eigenvalue weighted by molar-refractivity contribution is -0.117. The molecule has 2 fully saturated rings. The Bertz CT molecular complexity index is 926. The van der Waals surface area contributed by atoms with E-state index < -0.39 is 6.43 Å². The Morgan fingerprint density at radius 2 is 1.97 bits per heavy atom. The molecule has 1 aromatic carbocycles. The molecule has 8 heteroatoms. The van der Waals surface area contributed by atoms with Crippen LogP contribution in [0.3, 0.4) is 0 Å². The summed E-state index contributed by atoms with van der Waals surface area (Å²) in [6.45, 7) is 4.38. The molecule has 1 atom stereocenters. The molecule has 1 unspecified atom stereocenters. The number of nitrogens with zero attached hydrogens (tertiary/aromatic N) is 4. The van der Waals surface area contributed by atoms with Crippen molar-refractivity contribution in [3.05, 3.63) is 41.2 Å². The van der Waals surface area contributed by atoms with Crippen LogP contribution in [0.5, 0.6) is 0 Å². The van der Waals surface area contributed by atoms with Crippen LogP contribution >= 0.6 is 0 Å². The topological polar surface area (TPSA) is 53.4 Å². The van der Waals surface area contributed by atoms with Crippen LogP contribution in [0.1, 0.15) is 42.6 Å². The first-order valence-electron chi connectivity index (χ1n) is 10.8. The zero-order valence-electron chi connectivity index (χ0n) is 17.0. The van der Waals surface area contributed by atoms with Gasteiger partial charge in [-0.2, -0.15) is 5.10 Å². The summed E-state index contributed by atoms with van der Waals surface area (Å²) < 4.78 is 27.9. The highest BCUT2D eigenvalue weighted by Gasteiger charge is 2.30. The van der Waals surface area contributed by atoms with Crippen LogP contribution < -0.4 is 10.2 Å². The van der Waals surface area contributed by atoms with Gasteiger partial charge in [0.2, 0.25) is 5.91 Å². The van der Waals surface area contributed by atoms with Crippen LogP contribution in [0.2, 0.25) is 0 Å². The van der Waals surface area contributed by atoms with Crippen LogP contribution in [-0.4, -0.2) is 52.8 Å². The molecule has 1 N–H and O–H groups in total. The highest BCUT2D eigenvalue weighted by molar-refractivity contribution is 5.90. The van der Waals surface area contributed by atoms with Crippen LogP contribution in [0.4, 0.5) is 20.2 Å². The Morgan fingerprint density at radius 3 is 2.77 bits per heavy atom. The molecule has 2 aliphatic heterocycles. The van der Waals surface area contributed by atoms with Gasteiger partial charge in [-0.05, 0) is 62.9 Å². The Hall–Kier alpha value is -2.48. The lowest BCUT2D eigenvalue weighted by atomic mass is 10.1. The predicted octanol–water partition coefficient (Wildman–Crippen LogP) is 3.23. The second-order valence-corrected chi connectivity index (χ2v) is 8.50. The van der Waals surface area contributed by atoms with Gasteiger partial charge < -0.3 is 10.2 Å². The molecule has 0 bridgehead atoms. The van der Waals surface area contributed by atoms with Gasteiger partial charge in [-0.15, -0.1) is 0 Å². The molecule has 30 heavy (non-hydrogen) atoms. The van der Waals surface area contributed by atoms with Crippen LogP contribution in [0, 0.1) is 0 Å². The molecule has 0 radical (unpaired) electrons. The number of benzene rings is 1. The van der Waals surface area contributed by atoms with E-state index >= 15 is 0 Å². The van der Waals surface area contributed by atoms with Crippen molar-refractivity contribution in [1.29, 1.82) is 0 Å². The van der Waals surface area contributed by atoms with Gasteiger partial charge in [0.15, 0.2) is 0 Å². The van der Waals surface area contributed by atoms with Gasteiger partial charge in [-0.3, -0.25) is 14.4 Å². The lowest BCUT2D eigenvalue weighted by Crippen LogP contribution is -2.50. The van der Waals surface area contributed by atoms with E-state index in [1.165, 1.54) is 29.8 Å². The van der Waals surface area contributed by atoms with E-state index in [-0.39, 0.29) is 18.1 Å². The summed E-state index contributed by atoms with van der Waals surface area (Å²) in [6, 6.07) is 8.56. The molecule has 6 nitrogen and oxygen atoms in total. The number of hydrogen-bond donors (Lipinski definition) is 1. The summed E-state index contributed by atoms with van der Waals surface area (Å²) >= 11 is 0. The molecule has 3 aliphatic rings. The molecule has 1 amide bonds. The van der Waals surface area contributed by atoms with Crippen molar-refractivity contribution in [3.8, 4) is 0 Å². The summed E-state index contributed by atoms with van der Waals surface area (Å²) in [5, 5.41) is 6.88. The van der Waals surface area contributed by atoms with Gasteiger partial charge in [0.05, 0.1) is 0 Å². The largest absolute Gasteiger partial charge is 0.369 e. The first-order valence-corrected chi connectivity index (χ1v) is 10.8. The maximum atomic E-state index is 13.2. The highest BCUT2D eigenvalue weighted by atomic mass is 19.3. The van der Waals surface area contributed by atoms with Crippen LogP contribution in [0.15, 0.2) is 24.3 Å². The van der Waals surface area contributed by atoms with Crippen molar-refractivity contribution < 1.29 is 13.6 Å². The number of aromatic nitrogens is 2. The Morgan fingerprint density at radius 1 is 1.13 bits per heavy atom. The van der Waals surface area contributed by atoms with Crippen molar-refractivity contribution in [2.24, 2.45) is 0 Å². The van der Waals surface area contributed by atoms with Crippen molar-refractivity contribution in [2.75, 3.05) is 36.4 Å². The molecule has 2 saturated heterocycles. The summed E-state index contributed by atoms with van der Waals surface area (Å²) in [5.41, 5.74) is 3.13. The van der Waals surface area contributed by atoms with Gasteiger partial charge in [0.1, 0.15) is 12.2 Å². The number of alkyl halides is 2. The number of nitrogens with one attached hydrogen (secondary N) is 1. The molecular weight excluding hydrogens is 388 g/mol. The monoisotopic (exact) mass is 415 g/mol. The molecule has 0 saturated carbocycles. The molecule has 0 spiro atoms. The first-order chi connectivity index (χ1) is 14.6. The minimum atomic E-state index is -2.60. The highest BCUT2D eigenvalue weighted by Crippen LogP contribution is 2.31. The van der Waals surface area contributed by atoms with Gasteiger partial charge in [0.25, 0.3) is 6.43 Å². The van der Waals surface area contributed by atoms with E-state index in [0.717, 1.165) is 31.7 Å². The summed E-state index contributed by atoms with van der Waals surface area (Å²) in [6.07, 6.45) is 2.13. The third kappa shape index (κ3) is 3.69. The van der Waals surface area contributed by atoms with E-state index in [1.807, 2.05) is 24.3 Å². The van der Waals surface area contributed by atoms with Crippen molar-refractivity contribution in [1.82, 2.24) is 14.7 Å². The normalized spacial score (nSPS) is 21.2. The average Bonchev–Trinajstić information content (AvgIpc) is 3.45. The second-order valence-electron chi connectivity index (χ2n) is 8.50. The zero-order chi connectivity index (χ0) is 20.7. The lowest BCUT2D eigenvalue weighted by Gasteiger charge is -2.38. The van der Waals surface area contributed by atoms with Crippen molar-refractivity contribution in [2.45, 2.75) is 51.1 Å². The van der Waals surface area contributed by atoms with Crippen molar-refractivity contribution in [3.63, 3.8) is 0 Å². The molecule has 1 aliphatic carbocycles. The van der Waals surface area contributed by atoms with Crippen molar-refractivity contribution >= 4 is 17.3 Å². The number of amides is 1. The molecule has 1 aromatic heterocycles. The van der Waals surface area contributed by atoms with E-state index in [9.17, 15) is 13.6 Å². The molecule has 160 valence electrons. The second kappa shape index (κ2) is 7.98. The molecular formula is C22H27F2N5O. The number of fused-ring (bicyclic) bond motifs is 2. The summed E-state index contributed by atoms with van der Waals surface area (Å²) in [7, 11) is 0. The summed E-state index contributed by atoms with van der Waals surface area (Å²) in [5.74, 6) is -0.250. The maximum Gasteiger partial charge on any atom is 0.282 e. The Kier molecular flexibility index (Phi) is 5.18. The Labute approximate surface area is 174 Å². The minimum Gasteiger partial charge on any atom is -0.369 e. The standard InChI is InChI=1S/C22H27F2N5O/c23-22(24)21-18-4-1-5-19(18)29(26-21)14-20(30)25-15-6-8-16(9-7-15)28-12-11-27-10-2-3-17(27)13-28/h6-9,17,22H,1-5,10-14H2,(H,25,30). The zero-order valence-corrected chi connectivity index (χ0v) is 17.0. The number of piperazine rings is 1. The average molecular weight is 415 g/mol. The van der Waals surface area contributed by atoms with E-state index in [0.29, 0.717) is 30.1 Å². The molecule has 3 heterocycles. The number of anilines is 2. The smallest absolute Gasteiger partial charge is 0.282 e. The molecule has 5 rings (SSSR count). The number of halogens is 2. The van der Waals surface area contributed by atoms with Gasteiger partial charge >= 0.3 is 0 Å². The number of carbonyl (C=O) groups excluding carboxylic acids is 1. The number of rotatable bonds is 5.